The van der Waals surface area contributed by atoms with Crippen molar-refractivity contribution in [3.8, 4) is 0 Å². The predicted molar refractivity (Wildman–Crippen MR) is 408 cm³/mol. The fraction of sp³-hybridized carbons (Fsp3) is 0.416. The Morgan fingerprint density at radius 1 is 0.467 bits per heavy atom. The Balaban J connectivity index is 1.33. The number of carbonyl (C=O) groups excluding carboxylic acids is 10. The molecule has 6 aromatic carbocycles. The van der Waals surface area contributed by atoms with Gasteiger partial charge in [0.1, 0.15) is 60.4 Å². The summed E-state index contributed by atoms with van der Waals surface area (Å²) < 4.78 is 0. The van der Waals surface area contributed by atoms with E-state index in [2.05, 4.69) is 53.2 Å². The summed E-state index contributed by atoms with van der Waals surface area (Å²) in [4.78, 5) is 162. The van der Waals surface area contributed by atoms with Crippen molar-refractivity contribution in [1.29, 1.82) is 0 Å². The average molecular weight is 1510 g/mol. The number of nitrogens with one attached hydrogen (secondary N) is 10. The summed E-state index contributed by atoms with van der Waals surface area (Å²) >= 11 is 0. The molecule has 0 aromatic heterocycles. The SMILES string of the molecule is CC(C)NCc1ccc(C[C@@H]2NC(=O)[C@@H](Cc3ccc4ccccc4c3)NC(=O)[C@H](Cc3ccccc3)NC(=O)[C@H](Cc3ccccc3)NC(=O)[C@H](CCCCN)NC(=O)[C@@H](N)CSSC[C@@H](C(=O)O)NC(=O)[C@H](CO)NC(=O)[C@H]([C@@H](C)O)NC(=O)[C@H](Cc3ccccc3)N(C)C(=O)[C@@H]([C@@H](C)O)NC2=O)cc1. The molecule has 0 bridgehead atoms. The van der Waals surface area contributed by atoms with Crippen molar-refractivity contribution in [2.45, 2.75) is 170 Å². The van der Waals surface area contributed by atoms with Crippen molar-refractivity contribution in [2.75, 3.05) is 31.7 Å². The molecule has 1 saturated heterocycles. The monoisotopic (exact) mass is 1510 g/mol. The lowest BCUT2D eigenvalue weighted by Gasteiger charge is -2.34. The molecule has 0 aliphatic carbocycles. The largest absolute Gasteiger partial charge is 0.480 e. The molecule has 1 fully saturated rings. The van der Waals surface area contributed by atoms with Gasteiger partial charge in [-0.1, -0.05) is 193 Å². The number of benzene rings is 6. The maximum Gasteiger partial charge on any atom is 0.327 e. The van der Waals surface area contributed by atoms with Crippen LogP contribution in [0.25, 0.3) is 10.8 Å². The highest BCUT2D eigenvalue weighted by Crippen LogP contribution is 2.24. The van der Waals surface area contributed by atoms with Crippen molar-refractivity contribution in [2.24, 2.45) is 11.5 Å². The van der Waals surface area contributed by atoms with Gasteiger partial charge >= 0.3 is 5.97 Å². The minimum Gasteiger partial charge on any atom is -0.480 e. The summed E-state index contributed by atoms with van der Waals surface area (Å²) in [5.41, 5.74) is 15.9. The number of likely N-dealkylation sites (N-methyl/N-ethyl adjacent to an activating group) is 1. The van der Waals surface area contributed by atoms with E-state index in [4.69, 9.17) is 11.5 Å². The van der Waals surface area contributed by atoms with Gasteiger partial charge in [-0.25, -0.2) is 4.79 Å². The lowest BCUT2D eigenvalue weighted by Crippen LogP contribution is -2.63. The number of amides is 10. The van der Waals surface area contributed by atoms with Crippen LogP contribution in [0.3, 0.4) is 0 Å². The molecule has 574 valence electrons. The first-order valence-electron chi connectivity index (χ1n) is 35.5. The van der Waals surface area contributed by atoms with Crippen LogP contribution in [0.1, 0.15) is 80.3 Å². The number of carbonyl (C=O) groups is 11. The van der Waals surface area contributed by atoms with E-state index in [1.165, 1.54) is 14.0 Å². The van der Waals surface area contributed by atoms with Crippen molar-refractivity contribution >= 4 is 97.4 Å². The second kappa shape index (κ2) is 42.5. The van der Waals surface area contributed by atoms with E-state index >= 15 is 24.0 Å². The third-order valence-corrected chi connectivity index (χ3v) is 20.4. The Kier molecular flexibility index (Phi) is 33.6. The van der Waals surface area contributed by atoms with Gasteiger partial charge in [-0.3, -0.25) is 47.9 Å². The lowest BCUT2D eigenvalue weighted by atomic mass is 9.98. The standard InChI is InChI=1S/C77H99N13O15S2/c1-45(2)80-41-52-30-28-51(29-31-52)38-60-72(99)89-66(47(4)93)76(103)90(5)64(40-50-23-13-8-14-24-50)74(101)88-65(46(3)92)75(102)86-62(42-91)73(100)87-63(77(104)105)44-107-106-43-56(79)67(94)81-57(27-17-18-34-78)68(95)82-58(36-48-19-9-6-10-20-48)69(96)83-59(37-49-21-11-7-12-22-49)70(97)85-61(71(98)84-60)39-53-32-33-54-25-15-16-26-55(54)35-53/h6-16,19-26,28-33,35,45-47,56-66,80,91-93H,17-18,27,34,36-44,78-79H2,1-5H3,(H,81,94)(H,82,95)(H,83,96)(H,84,98)(H,85,97)(H,86,102)(H,87,100)(H,88,101)(H,89,99)(H,104,105)/t46-,47-,56+,57+,58+,59+,60+,61-,62+,63+,64+,65+,66-/m1/s1. The number of carboxylic acids is 1. The number of fused-ring (bicyclic) bond motifs is 1. The molecule has 1 aliphatic heterocycles. The number of hydrogen-bond donors (Lipinski definition) is 16. The van der Waals surface area contributed by atoms with E-state index < -0.39 is 150 Å². The second-order valence-corrected chi connectivity index (χ2v) is 29.4. The quantitative estimate of drug-likeness (QED) is 0.0349. The van der Waals surface area contributed by atoms with Crippen molar-refractivity contribution < 1.29 is 73.2 Å². The Morgan fingerprint density at radius 3 is 1.37 bits per heavy atom. The van der Waals surface area contributed by atoms with Gasteiger partial charge in [-0.15, -0.1) is 0 Å². The smallest absolute Gasteiger partial charge is 0.327 e. The van der Waals surface area contributed by atoms with E-state index in [0.717, 1.165) is 49.7 Å². The molecule has 13 atom stereocenters. The van der Waals surface area contributed by atoms with E-state index in [9.17, 15) is 49.2 Å². The number of aliphatic hydroxyl groups is 3. The van der Waals surface area contributed by atoms with Gasteiger partial charge in [0.15, 0.2) is 0 Å². The third-order valence-electron chi connectivity index (χ3n) is 17.9. The van der Waals surface area contributed by atoms with Crippen LogP contribution in [0.2, 0.25) is 0 Å². The Hall–Kier alpha value is -9.79. The summed E-state index contributed by atoms with van der Waals surface area (Å²) in [5.74, 6) is -11.8. The first kappa shape index (κ1) is 84.5. The number of aliphatic carboxylic acids is 1. The molecule has 0 radical (unpaired) electrons. The summed E-state index contributed by atoms with van der Waals surface area (Å²) in [6.07, 6.45) is -3.62. The lowest BCUT2D eigenvalue weighted by molar-refractivity contribution is -0.145. The van der Waals surface area contributed by atoms with Crippen LogP contribution in [0.4, 0.5) is 0 Å². The zero-order chi connectivity index (χ0) is 77.7. The zero-order valence-electron chi connectivity index (χ0n) is 60.5. The van der Waals surface area contributed by atoms with Gasteiger partial charge in [-0.2, -0.15) is 0 Å². The summed E-state index contributed by atoms with van der Waals surface area (Å²) in [7, 11) is 3.05. The van der Waals surface area contributed by atoms with Crippen molar-refractivity contribution in [1.82, 2.24) is 58.1 Å². The molecule has 0 saturated carbocycles. The number of nitrogens with two attached hydrogens (primary N) is 2. The summed E-state index contributed by atoms with van der Waals surface area (Å²) in [6.45, 7) is 5.96. The maximum absolute atomic E-state index is 15.6. The number of carboxylic acid groups (broad SMARTS) is 1. The highest BCUT2D eigenvalue weighted by molar-refractivity contribution is 8.76. The Morgan fingerprint density at radius 2 is 0.879 bits per heavy atom. The number of unbranched alkanes of at least 4 members (excludes halogenated alkanes) is 1. The fourth-order valence-corrected chi connectivity index (χ4v) is 14.0. The van der Waals surface area contributed by atoms with Crippen LogP contribution in [0, 0.1) is 0 Å². The summed E-state index contributed by atoms with van der Waals surface area (Å²) in [5, 5.41) is 72.0. The Labute approximate surface area is 630 Å². The molecule has 1 aliphatic rings. The predicted octanol–water partition coefficient (Wildman–Crippen LogP) is 0.731. The van der Waals surface area contributed by atoms with Crippen LogP contribution < -0.4 is 64.6 Å². The molecular formula is C77H99N13O15S2. The van der Waals surface area contributed by atoms with Gasteiger partial charge in [0.05, 0.1) is 24.9 Å². The fourth-order valence-electron chi connectivity index (χ4n) is 11.7. The highest BCUT2D eigenvalue weighted by atomic mass is 33.1. The normalized spacial score (nSPS) is 23.6. The molecule has 18 N–H and O–H groups in total. The van der Waals surface area contributed by atoms with Gasteiger partial charge in [0, 0.05) is 63.2 Å². The van der Waals surface area contributed by atoms with E-state index in [0.29, 0.717) is 47.2 Å². The van der Waals surface area contributed by atoms with Gasteiger partial charge < -0.3 is 90.0 Å². The summed E-state index contributed by atoms with van der Waals surface area (Å²) in [6, 6.07) is 28.4. The number of rotatable bonds is 21. The van der Waals surface area contributed by atoms with Gasteiger partial charge in [0.25, 0.3) is 0 Å². The van der Waals surface area contributed by atoms with Gasteiger partial charge in [0.2, 0.25) is 59.1 Å². The van der Waals surface area contributed by atoms with Crippen molar-refractivity contribution in [3.05, 3.63) is 191 Å². The number of aliphatic hydroxyl groups excluding tert-OH is 3. The minimum absolute atomic E-state index is 0.0309. The molecule has 28 nitrogen and oxygen atoms in total. The second-order valence-electron chi connectivity index (χ2n) is 26.8. The van der Waals surface area contributed by atoms with Crippen molar-refractivity contribution in [3.63, 3.8) is 0 Å². The topological polar surface area (TPSA) is 444 Å². The van der Waals surface area contributed by atoms with Gasteiger partial charge in [-0.05, 0) is 83.8 Å². The minimum atomic E-state index is -1.91. The molecule has 30 heteroatoms. The maximum atomic E-state index is 15.6. The molecule has 0 unspecified atom stereocenters. The molecule has 0 spiro atoms. The molecule has 7 rings (SSSR count). The van der Waals surface area contributed by atoms with Crippen LogP contribution in [0.5, 0.6) is 0 Å². The van der Waals surface area contributed by atoms with E-state index in [1.807, 2.05) is 62.4 Å². The molecule has 6 aromatic rings. The molecule has 107 heavy (non-hydrogen) atoms. The average Bonchev–Trinajstić information content (AvgIpc) is 0.826. The molecule has 1 heterocycles. The van der Waals surface area contributed by atoms with Crippen LogP contribution in [0.15, 0.2) is 158 Å². The van der Waals surface area contributed by atoms with Crippen LogP contribution in [-0.4, -0.2) is 207 Å². The molecular weight excluding hydrogens is 1410 g/mol. The zero-order valence-corrected chi connectivity index (χ0v) is 62.1. The van der Waals surface area contributed by atoms with E-state index in [-0.39, 0.29) is 62.6 Å². The third kappa shape index (κ3) is 26.6. The van der Waals surface area contributed by atoms with E-state index in [1.54, 1.807) is 109 Å². The molecule has 10 amide bonds. The number of hydrogen-bond acceptors (Lipinski definition) is 19. The first-order valence-corrected chi connectivity index (χ1v) is 38.0. The number of nitrogens with zero attached hydrogens (tertiary/aromatic N) is 1. The van der Waals surface area contributed by atoms with Crippen LogP contribution >= 0.6 is 21.6 Å². The highest BCUT2D eigenvalue weighted by Gasteiger charge is 2.40. The first-order chi connectivity index (χ1) is 51.2. The van der Waals surface area contributed by atoms with Crippen LogP contribution in [-0.2, 0) is 91.4 Å². The Bertz CT molecular complexity index is 3960.